The maximum Gasteiger partial charge on any atom is 0.330 e. The normalized spacial score (nSPS) is 40.0. The number of alkyl halides is 2. The molecule has 0 aromatic heterocycles. The van der Waals surface area contributed by atoms with E-state index in [1.807, 2.05) is 0 Å². The Morgan fingerprint density at radius 3 is 1.90 bits per heavy atom. The van der Waals surface area contributed by atoms with E-state index in [-0.39, 0.29) is 19.1 Å². The molecule has 3 aliphatic carbocycles. The van der Waals surface area contributed by atoms with Gasteiger partial charge in [0.25, 0.3) is 0 Å². The molecule has 3 aliphatic rings. The molecule has 3 nitrogen and oxygen atoms in total. The predicted molar refractivity (Wildman–Crippen MR) is 115 cm³/mol. The zero-order chi connectivity index (χ0) is 21.5. The van der Waals surface area contributed by atoms with E-state index in [9.17, 15) is 13.6 Å². The molecule has 3 rings (SSSR count). The summed E-state index contributed by atoms with van der Waals surface area (Å²) in [4.78, 5) is 11.0. The minimum absolute atomic E-state index is 0.149. The number of esters is 1. The van der Waals surface area contributed by atoms with E-state index in [0.29, 0.717) is 25.2 Å². The number of hydrogen-bond donors (Lipinski definition) is 0. The zero-order valence-corrected chi connectivity index (χ0v) is 18.6. The molecule has 172 valence electrons. The summed E-state index contributed by atoms with van der Waals surface area (Å²) in [6, 6.07) is 0. The zero-order valence-electron chi connectivity index (χ0n) is 18.6. The molecule has 2 atom stereocenters. The molecule has 0 spiro atoms. The molecular weight excluding hydrogens is 386 g/mol. The molecule has 0 heterocycles. The van der Waals surface area contributed by atoms with Crippen molar-refractivity contribution >= 4 is 5.97 Å². The molecule has 0 aromatic rings. The fourth-order valence-electron chi connectivity index (χ4n) is 6.12. The molecule has 0 aliphatic heterocycles. The Kier molecular flexibility index (Phi) is 9.15. The molecule has 30 heavy (non-hydrogen) atoms. The van der Waals surface area contributed by atoms with Crippen molar-refractivity contribution in [2.75, 3.05) is 13.2 Å². The smallest absolute Gasteiger partial charge is 0.330 e. The Bertz CT molecular complexity index is 527. The maximum atomic E-state index is 14.7. The van der Waals surface area contributed by atoms with E-state index in [0.717, 1.165) is 36.7 Å². The lowest BCUT2D eigenvalue weighted by molar-refractivity contribution is -0.139. The van der Waals surface area contributed by atoms with Crippen molar-refractivity contribution in [3.05, 3.63) is 12.7 Å². The van der Waals surface area contributed by atoms with Crippen molar-refractivity contribution in [3.8, 4) is 0 Å². The standard InChI is InChI=1S/C25H40F2O3/c1-3-24(28)29-13-4-14-30-25-22(26)15-21(16-23(25)27)20-11-9-19(10-12-20)18-7-5-17(2)6-8-18/h3,17-23,25H,1,4-16H2,2H3. The second kappa shape index (κ2) is 11.6. The average Bonchev–Trinajstić information content (AvgIpc) is 2.75. The third-order valence-corrected chi connectivity index (χ3v) is 7.99. The number of rotatable bonds is 8. The van der Waals surface area contributed by atoms with Crippen LogP contribution in [0.15, 0.2) is 12.7 Å². The molecular formula is C25H40F2O3. The largest absolute Gasteiger partial charge is 0.462 e. The molecule has 2 unspecified atom stereocenters. The van der Waals surface area contributed by atoms with Crippen LogP contribution in [-0.4, -0.2) is 37.6 Å². The minimum Gasteiger partial charge on any atom is -0.462 e. The first-order valence-electron chi connectivity index (χ1n) is 12.2. The highest BCUT2D eigenvalue weighted by Crippen LogP contribution is 2.46. The molecule has 3 fully saturated rings. The first kappa shape index (κ1) is 23.7. The highest BCUT2D eigenvalue weighted by atomic mass is 19.1. The summed E-state index contributed by atoms with van der Waals surface area (Å²) >= 11 is 0. The first-order chi connectivity index (χ1) is 14.5. The van der Waals surface area contributed by atoms with Crippen molar-refractivity contribution < 1.29 is 23.0 Å². The van der Waals surface area contributed by atoms with Crippen LogP contribution < -0.4 is 0 Å². The molecule has 0 amide bonds. The summed E-state index contributed by atoms with van der Waals surface area (Å²) in [7, 11) is 0. The number of ether oxygens (including phenoxy) is 2. The van der Waals surface area contributed by atoms with Gasteiger partial charge in [0, 0.05) is 12.5 Å². The highest BCUT2D eigenvalue weighted by molar-refractivity contribution is 5.81. The molecule has 0 aromatic carbocycles. The van der Waals surface area contributed by atoms with Crippen LogP contribution in [0.3, 0.4) is 0 Å². The summed E-state index contributed by atoms with van der Waals surface area (Å²) in [6.07, 6.45) is 9.20. The van der Waals surface area contributed by atoms with Crippen molar-refractivity contribution in [2.24, 2.45) is 29.6 Å². The van der Waals surface area contributed by atoms with Gasteiger partial charge in [0.15, 0.2) is 0 Å². The maximum absolute atomic E-state index is 14.7. The Hall–Kier alpha value is -0.970. The van der Waals surface area contributed by atoms with Crippen LogP contribution in [0, 0.1) is 29.6 Å². The number of carbonyl (C=O) groups excluding carboxylic acids is 1. The monoisotopic (exact) mass is 426 g/mol. The Balaban J connectivity index is 1.37. The van der Waals surface area contributed by atoms with Gasteiger partial charge in [0.1, 0.15) is 18.4 Å². The second-order valence-electron chi connectivity index (χ2n) is 10.0. The van der Waals surface area contributed by atoms with E-state index in [1.165, 1.54) is 38.5 Å². The van der Waals surface area contributed by atoms with Crippen molar-refractivity contribution in [1.29, 1.82) is 0 Å². The van der Waals surface area contributed by atoms with Crippen molar-refractivity contribution in [3.63, 3.8) is 0 Å². The van der Waals surface area contributed by atoms with Crippen LogP contribution in [0.5, 0.6) is 0 Å². The van der Waals surface area contributed by atoms with Crippen molar-refractivity contribution in [2.45, 2.75) is 96.0 Å². The fourth-order valence-corrected chi connectivity index (χ4v) is 6.12. The summed E-state index contributed by atoms with van der Waals surface area (Å²) in [6.45, 7) is 6.07. The molecule has 0 N–H and O–H groups in total. The summed E-state index contributed by atoms with van der Waals surface area (Å²) in [5.41, 5.74) is 0. The third-order valence-electron chi connectivity index (χ3n) is 7.99. The highest BCUT2D eigenvalue weighted by Gasteiger charge is 2.43. The van der Waals surface area contributed by atoms with Gasteiger partial charge in [-0.3, -0.25) is 0 Å². The summed E-state index contributed by atoms with van der Waals surface area (Å²) in [5.74, 6) is 2.75. The van der Waals surface area contributed by atoms with E-state index >= 15 is 0 Å². The van der Waals surface area contributed by atoms with Crippen molar-refractivity contribution in [1.82, 2.24) is 0 Å². The van der Waals surface area contributed by atoms with Crippen LogP contribution >= 0.6 is 0 Å². The van der Waals surface area contributed by atoms with E-state index in [4.69, 9.17) is 9.47 Å². The Labute approximate surface area is 181 Å². The number of carbonyl (C=O) groups is 1. The minimum atomic E-state index is -1.24. The fraction of sp³-hybridized carbons (Fsp3) is 0.880. The van der Waals surface area contributed by atoms with Gasteiger partial charge < -0.3 is 9.47 Å². The van der Waals surface area contributed by atoms with E-state index in [2.05, 4.69) is 13.5 Å². The predicted octanol–water partition coefficient (Wildman–Crippen LogP) is 6.21. The van der Waals surface area contributed by atoms with E-state index < -0.39 is 24.4 Å². The summed E-state index contributed by atoms with van der Waals surface area (Å²) in [5, 5.41) is 0. The topological polar surface area (TPSA) is 35.5 Å². The molecule has 0 bridgehead atoms. The molecule has 0 saturated heterocycles. The summed E-state index contributed by atoms with van der Waals surface area (Å²) < 4.78 is 39.8. The second-order valence-corrected chi connectivity index (χ2v) is 10.0. The van der Waals surface area contributed by atoms with Crippen LogP contribution in [-0.2, 0) is 14.3 Å². The molecule has 3 saturated carbocycles. The lowest BCUT2D eigenvalue weighted by atomic mass is 9.65. The van der Waals surface area contributed by atoms with E-state index in [1.54, 1.807) is 0 Å². The van der Waals surface area contributed by atoms with Gasteiger partial charge in [-0.05, 0) is 81.0 Å². The van der Waals surface area contributed by atoms with Crippen LogP contribution in [0.25, 0.3) is 0 Å². The van der Waals surface area contributed by atoms with Gasteiger partial charge in [-0.2, -0.15) is 0 Å². The molecule has 5 heteroatoms. The van der Waals surface area contributed by atoms with Gasteiger partial charge in [-0.25, -0.2) is 13.6 Å². The van der Waals surface area contributed by atoms with Crippen LogP contribution in [0.4, 0.5) is 8.78 Å². The Morgan fingerprint density at radius 1 is 0.867 bits per heavy atom. The molecule has 0 radical (unpaired) electrons. The van der Waals surface area contributed by atoms with Gasteiger partial charge >= 0.3 is 5.97 Å². The number of hydrogen-bond acceptors (Lipinski definition) is 3. The number of halogens is 2. The van der Waals surface area contributed by atoms with Crippen LogP contribution in [0.1, 0.15) is 77.6 Å². The lowest BCUT2D eigenvalue weighted by Crippen LogP contribution is -2.44. The van der Waals surface area contributed by atoms with Crippen LogP contribution in [0.2, 0.25) is 0 Å². The third kappa shape index (κ3) is 6.51. The van der Waals surface area contributed by atoms with Gasteiger partial charge in [0.05, 0.1) is 13.2 Å². The first-order valence-corrected chi connectivity index (χ1v) is 12.2. The average molecular weight is 427 g/mol. The SMILES string of the molecule is C=CC(=O)OCCCOC1C(F)CC(C2CCC(C3CCC(C)CC3)CC2)CC1F. The van der Waals surface area contributed by atoms with Gasteiger partial charge in [-0.15, -0.1) is 0 Å². The van der Waals surface area contributed by atoms with Gasteiger partial charge in [-0.1, -0.05) is 26.3 Å². The quantitative estimate of drug-likeness (QED) is 0.263. The Morgan fingerprint density at radius 2 is 1.37 bits per heavy atom. The van der Waals surface area contributed by atoms with Gasteiger partial charge in [0.2, 0.25) is 0 Å². The lowest BCUT2D eigenvalue weighted by Gasteiger charge is -2.42.